The molecule has 3 heterocycles. The summed E-state index contributed by atoms with van der Waals surface area (Å²) in [4.78, 5) is 17.4. The topological polar surface area (TPSA) is 82.7 Å². The van der Waals surface area contributed by atoms with E-state index in [9.17, 15) is 13.6 Å². The molecule has 0 aliphatic rings. The van der Waals surface area contributed by atoms with Gasteiger partial charge in [0.25, 0.3) is 5.91 Å². The lowest BCUT2D eigenvalue weighted by Gasteiger charge is -2.09. The Balaban J connectivity index is 1.56. The number of carbonyl (C=O) groups excluding carboxylic acids is 1. The fraction of sp³-hybridized carbons (Fsp3) is 0.227. The lowest BCUT2D eigenvalue weighted by atomic mass is 10.2. The van der Waals surface area contributed by atoms with E-state index < -0.39 is 11.6 Å². The molecule has 0 spiro atoms. The number of amides is 1. The number of aromatic nitrogens is 4. The minimum atomic E-state index is -0.692. The Hall–Kier alpha value is -3.79. The highest BCUT2D eigenvalue weighted by Gasteiger charge is 2.20. The van der Waals surface area contributed by atoms with Crippen molar-refractivity contribution < 1.29 is 23.0 Å². The maximum atomic E-state index is 13.9. The van der Waals surface area contributed by atoms with Gasteiger partial charge < -0.3 is 14.8 Å². The fourth-order valence-corrected chi connectivity index (χ4v) is 3.29. The van der Waals surface area contributed by atoms with Crippen LogP contribution >= 0.6 is 0 Å². The zero-order chi connectivity index (χ0) is 22.7. The molecule has 8 nitrogen and oxygen atoms in total. The van der Waals surface area contributed by atoms with Gasteiger partial charge >= 0.3 is 0 Å². The average molecular weight is 441 g/mol. The summed E-state index contributed by atoms with van der Waals surface area (Å²) in [5.41, 5.74) is 1.50. The van der Waals surface area contributed by atoms with E-state index in [0.717, 1.165) is 0 Å². The third-order valence-corrected chi connectivity index (χ3v) is 4.85. The van der Waals surface area contributed by atoms with Crippen molar-refractivity contribution in [1.29, 1.82) is 0 Å². The zero-order valence-corrected chi connectivity index (χ0v) is 17.5. The van der Waals surface area contributed by atoms with Crippen LogP contribution in [-0.2, 0) is 17.9 Å². The Kier molecular flexibility index (Phi) is 6.13. The molecule has 166 valence electrons. The zero-order valence-electron chi connectivity index (χ0n) is 17.5. The van der Waals surface area contributed by atoms with E-state index in [4.69, 9.17) is 9.47 Å². The molecule has 1 N–H and O–H groups in total. The maximum Gasteiger partial charge on any atom is 0.274 e. The second-order valence-electron chi connectivity index (χ2n) is 7.04. The van der Waals surface area contributed by atoms with E-state index >= 15 is 0 Å². The Morgan fingerprint density at radius 2 is 1.97 bits per heavy atom. The predicted octanol–water partition coefficient (Wildman–Crippen LogP) is 3.60. The van der Waals surface area contributed by atoms with Crippen LogP contribution in [-0.4, -0.2) is 38.8 Å². The summed E-state index contributed by atoms with van der Waals surface area (Å²) in [6, 6.07) is 6.92. The number of ether oxygens (including phenoxy) is 2. The number of nitrogens with one attached hydrogen (secondary N) is 1. The minimum Gasteiger partial charge on any atom is -0.485 e. The largest absolute Gasteiger partial charge is 0.485 e. The van der Waals surface area contributed by atoms with Crippen molar-refractivity contribution in [3.63, 3.8) is 0 Å². The fourth-order valence-electron chi connectivity index (χ4n) is 3.29. The van der Waals surface area contributed by atoms with E-state index in [1.165, 1.54) is 18.2 Å². The van der Waals surface area contributed by atoms with Gasteiger partial charge in [-0.05, 0) is 31.2 Å². The Morgan fingerprint density at radius 1 is 1.19 bits per heavy atom. The number of hydrogen-bond donors (Lipinski definition) is 1. The molecule has 0 saturated heterocycles. The number of nitrogens with zero attached hydrogens (tertiary/aromatic N) is 4. The average Bonchev–Trinajstić information content (AvgIpc) is 3.35. The van der Waals surface area contributed by atoms with Crippen LogP contribution in [0.5, 0.6) is 5.75 Å². The third-order valence-electron chi connectivity index (χ3n) is 4.85. The van der Waals surface area contributed by atoms with Crippen LogP contribution in [0.1, 0.15) is 21.7 Å². The highest BCUT2D eigenvalue weighted by Crippen LogP contribution is 2.24. The number of imidazole rings is 1. The molecule has 0 atom stereocenters. The summed E-state index contributed by atoms with van der Waals surface area (Å²) in [5.74, 6) is -1.46. The van der Waals surface area contributed by atoms with Crippen molar-refractivity contribution in [3.05, 3.63) is 77.5 Å². The molecule has 0 unspecified atom stereocenters. The predicted molar refractivity (Wildman–Crippen MR) is 113 cm³/mol. The van der Waals surface area contributed by atoms with Gasteiger partial charge in [0, 0.05) is 19.5 Å². The van der Waals surface area contributed by atoms with E-state index in [0.29, 0.717) is 41.6 Å². The van der Waals surface area contributed by atoms with E-state index in [2.05, 4.69) is 15.4 Å². The van der Waals surface area contributed by atoms with Crippen LogP contribution in [0.3, 0.4) is 0 Å². The van der Waals surface area contributed by atoms with Gasteiger partial charge in [-0.2, -0.15) is 5.10 Å². The SMILES string of the molecule is COCCn1cc(NC(=O)c2c(C)nc3c(OCc4c(F)cccc4F)cccn23)cn1. The molecular formula is C22H21F2N5O3. The molecule has 1 amide bonds. The van der Waals surface area contributed by atoms with Gasteiger partial charge in [-0.1, -0.05) is 6.07 Å². The molecule has 0 radical (unpaired) electrons. The van der Waals surface area contributed by atoms with Crippen LogP contribution in [0.2, 0.25) is 0 Å². The lowest BCUT2D eigenvalue weighted by Crippen LogP contribution is -2.15. The van der Waals surface area contributed by atoms with Crippen LogP contribution in [0.4, 0.5) is 14.5 Å². The first-order valence-electron chi connectivity index (χ1n) is 9.84. The quantitative estimate of drug-likeness (QED) is 0.452. The van der Waals surface area contributed by atoms with E-state index in [1.807, 2.05) is 0 Å². The molecule has 0 saturated carbocycles. The number of anilines is 1. The van der Waals surface area contributed by atoms with Gasteiger partial charge in [-0.25, -0.2) is 13.8 Å². The minimum absolute atomic E-state index is 0.179. The van der Waals surface area contributed by atoms with E-state index in [-0.39, 0.29) is 18.1 Å². The number of benzene rings is 1. The van der Waals surface area contributed by atoms with Gasteiger partial charge in [0.05, 0.1) is 36.3 Å². The van der Waals surface area contributed by atoms with Crippen molar-refractivity contribution in [2.24, 2.45) is 0 Å². The second-order valence-corrected chi connectivity index (χ2v) is 7.04. The summed E-state index contributed by atoms with van der Waals surface area (Å²) in [6.45, 7) is 2.45. The van der Waals surface area contributed by atoms with Crippen LogP contribution < -0.4 is 10.1 Å². The Bertz CT molecular complexity index is 1250. The molecule has 3 aromatic heterocycles. The Morgan fingerprint density at radius 3 is 2.72 bits per heavy atom. The smallest absolute Gasteiger partial charge is 0.274 e. The molecule has 0 aliphatic carbocycles. The molecule has 1 aromatic carbocycles. The lowest BCUT2D eigenvalue weighted by molar-refractivity contribution is 0.102. The highest BCUT2D eigenvalue weighted by atomic mass is 19.1. The standard InChI is InChI=1S/C22H21F2N5O3/c1-14-20(22(30)27-15-11-25-28(12-15)9-10-31-2)29-8-4-7-19(21(29)26-14)32-13-16-17(23)5-3-6-18(16)24/h3-8,11-12H,9-10,13H2,1-2H3,(H,27,30). The summed E-state index contributed by atoms with van der Waals surface area (Å²) < 4.78 is 41.7. The molecular weight excluding hydrogens is 420 g/mol. The molecule has 0 fully saturated rings. The monoisotopic (exact) mass is 441 g/mol. The van der Waals surface area contributed by atoms with Crippen LogP contribution in [0.15, 0.2) is 48.9 Å². The van der Waals surface area contributed by atoms with Crippen molar-refractivity contribution in [2.45, 2.75) is 20.1 Å². The molecule has 4 aromatic rings. The summed E-state index contributed by atoms with van der Waals surface area (Å²) in [6.07, 6.45) is 4.92. The first-order valence-corrected chi connectivity index (χ1v) is 9.84. The third kappa shape index (κ3) is 4.30. The van der Waals surface area contributed by atoms with Gasteiger partial charge in [0.1, 0.15) is 23.9 Å². The highest BCUT2D eigenvalue weighted by molar-refractivity contribution is 6.04. The first kappa shape index (κ1) is 21.4. The Labute approximate surface area is 182 Å². The van der Waals surface area contributed by atoms with Gasteiger partial charge in [-0.3, -0.25) is 13.9 Å². The van der Waals surface area contributed by atoms with Crippen molar-refractivity contribution in [1.82, 2.24) is 19.2 Å². The van der Waals surface area contributed by atoms with Crippen molar-refractivity contribution in [3.8, 4) is 5.75 Å². The molecule has 0 bridgehead atoms. The van der Waals surface area contributed by atoms with Crippen molar-refractivity contribution in [2.75, 3.05) is 19.0 Å². The summed E-state index contributed by atoms with van der Waals surface area (Å²) >= 11 is 0. The number of fused-ring (bicyclic) bond motifs is 1. The first-order chi connectivity index (χ1) is 15.5. The number of halogens is 2. The van der Waals surface area contributed by atoms with Crippen LogP contribution in [0, 0.1) is 18.6 Å². The second kappa shape index (κ2) is 9.15. The van der Waals surface area contributed by atoms with Gasteiger partial charge in [0.2, 0.25) is 0 Å². The molecule has 0 aliphatic heterocycles. The number of hydrogen-bond acceptors (Lipinski definition) is 5. The molecule has 10 heteroatoms. The normalized spacial score (nSPS) is 11.1. The molecule has 4 rings (SSSR count). The van der Waals surface area contributed by atoms with E-state index in [1.54, 1.807) is 53.8 Å². The van der Waals surface area contributed by atoms with Gasteiger partial charge in [0.15, 0.2) is 11.4 Å². The number of methoxy groups -OCH3 is 1. The maximum absolute atomic E-state index is 13.9. The molecule has 32 heavy (non-hydrogen) atoms. The summed E-state index contributed by atoms with van der Waals surface area (Å²) in [5, 5.41) is 6.97. The number of rotatable bonds is 8. The van der Waals surface area contributed by atoms with Crippen molar-refractivity contribution >= 4 is 17.2 Å². The number of carbonyl (C=O) groups is 1. The summed E-state index contributed by atoms with van der Waals surface area (Å²) in [7, 11) is 1.60. The van der Waals surface area contributed by atoms with Gasteiger partial charge in [-0.15, -0.1) is 0 Å². The van der Waals surface area contributed by atoms with Crippen LogP contribution in [0.25, 0.3) is 5.65 Å². The number of pyridine rings is 1. The number of aryl methyl sites for hydroxylation is 1.